The van der Waals surface area contributed by atoms with Crippen LogP contribution in [0.2, 0.25) is 0 Å². The highest BCUT2D eigenvalue weighted by Gasteiger charge is 2.62. The third-order valence-corrected chi connectivity index (χ3v) is 6.38. The van der Waals surface area contributed by atoms with Gasteiger partial charge in [0.1, 0.15) is 0 Å². The summed E-state index contributed by atoms with van der Waals surface area (Å²) in [7, 11) is 1.70. The first-order valence-electron chi connectivity index (χ1n) is 9.36. The highest BCUT2D eigenvalue weighted by molar-refractivity contribution is 5.23. The summed E-state index contributed by atoms with van der Waals surface area (Å²) in [6.07, 6.45) is 5.88. The third-order valence-electron chi connectivity index (χ3n) is 6.38. The molecule has 5 rings (SSSR count). The van der Waals surface area contributed by atoms with Crippen molar-refractivity contribution in [3.8, 4) is 0 Å². The van der Waals surface area contributed by atoms with Gasteiger partial charge in [-0.1, -0.05) is 37.1 Å². The molecule has 2 bridgehead atoms. The van der Waals surface area contributed by atoms with Crippen molar-refractivity contribution in [1.29, 1.82) is 0 Å². The summed E-state index contributed by atoms with van der Waals surface area (Å²) in [5.74, 6) is -0.228. The number of rotatable bonds is 4. The van der Waals surface area contributed by atoms with E-state index in [-0.39, 0.29) is 18.8 Å². The van der Waals surface area contributed by atoms with Gasteiger partial charge in [0, 0.05) is 13.0 Å². The maximum atomic E-state index is 9.23. The molecule has 4 aliphatic rings. The second kappa shape index (κ2) is 6.63. The summed E-state index contributed by atoms with van der Waals surface area (Å²) < 4.78 is 12.0. The molecule has 5 heteroatoms. The molecule has 1 aromatic rings. The van der Waals surface area contributed by atoms with Crippen LogP contribution in [0.4, 0.5) is 0 Å². The van der Waals surface area contributed by atoms with Crippen molar-refractivity contribution in [3.05, 3.63) is 35.4 Å². The summed E-state index contributed by atoms with van der Waals surface area (Å²) >= 11 is 0. The second-order valence-corrected chi connectivity index (χ2v) is 7.88. The summed E-state index contributed by atoms with van der Waals surface area (Å²) in [5.41, 5.74) is 1.68. The van der Waals surface area contributed by atoms with Crippen LogP contribution in [0.25, 0.3) is 0 Å². The van der Waals surface area contributed by atoms with Gasteiger partial charge < -0.3 is 14.6 Å². The van der Waals surface area contributed by atoms with E-state index >= 15 is 0 Å². The maximum absolute atomic E-state index is 9.23. The Bertz CT molecular complexity index is 603. The fourth-order valence-corrected chi connectivity index (χ4v) is 4.81. The molecule has 1 N–H and O–H groups in total. The molecule has 3 aliphatic heterocycles. The molecule has 5 nitrogen and oxygen atoms in total. The molecule has 1 spiro atoms. The molecular weight excluding hydrogens is 320 g/mol. The topological polar surface area (TPSA) is 57.2 Å². The van der Waals surface area contributed by atoms with E-state index in [1.165, 1.54) is 12.0 Å². The molecule has 138 valence electrons. The minimum atomic E-state index is -0.807. The number of aliphatic hydroxyl groups is 1. The van der Waals surface area contributed by atoms with Gasteiger partial charge in [-0.15, -0.1) is 0 Å². The monoisotopic (exact) mass is 348 g/mol. The number of hydrogen-bond acceptors (Lipinski definition) is 5. The number of aliphatic hydroxyl groups excluding tert-OH is 1. The van der Waals surface area contributed by atoms with Crippen molar-refractivity contribution >= 4 is 0 Å². The van der Waals surface area contributed by atoms with Crippen LogP contribution in [-0.2, 0) is 32.3 Å². The molecule has 0 unspecified atom stereocenters. The number of benzene rings is 1. The van der Waals surface area contributed by atoms with E-state index in [2.05, 4.69) is 12.1 Å². The lowest BCUT2D eigenvalue weighted by Crippen LogP contribution is -2.60. The lowest BCUT2D eigenvalue weighted by Gasteiger charge is -2.49. The van der Waals surface area contributed by atoms with Crippen LogP contribution in [0.3, 0.4) is 0 Å². The van der Waals surface area contributed by atoms with Crippen LogP contribution in [0.1, 0.15) is 50.2 Å². The molecular formula is C20H28O5. The lowest BCUT2D eigenvalue weighted by atomic mass is 9.70. The van der Waals surface area contributed by atoms with Gasteiger partial charge in [0.2, 0.25) is 5.79 Å². The van der Waals surface area contributed by atoms with Crippen molar-refractivity contribution in [2.75, 3.05) is 7.11 Å². The van der Waals surface area contributed by atoms with Crippen LogP contribution < -0.4 is 0 Å². The molecule has 1 saturated carbocycles. The minimum Gasteiger partial charge on any atom is -0.392 e. The Morgan fingerprint density at radius 2 is 1.92 bits per heavy atom. The van der Waals surface area contributed by atoms with Crippen molar-refractivity contribution in [1.82, 2.24) is 0 Å². The minimum absolute atomic E-state index is 0.0710. The van der Waals surface area contributed by atoms with Crippen LogP contribution in [-0.4, -0.2) is 29.9 Å². The second-order valence-electron chi connectivity index (χ2n) is 7.88. The largest absolute Gasteiger partial charge is 0.392 e. The van der Waals surface area contributed by atoms with Gasteiger partial charge >= 0.3 is 0 Å². The number of fused-ring (bicyclic) bond motifs is 3. The highest BCUT2D eigenvalue weighted by Crippen LogP contribution is 2.54. The van der Waals surface area contributed by atoms with E-state index in [0.29, 0.717) is 5.92 Å². The van der Waals surface area contributed by atoms with Gasteiger partial charge in [0.15, 0.2) is 11.9 Å². The zero-order valence-electron chi connectivity index (χ0n) is 15.1. The van der Waals surface area contributed by atoms with Gasteiger partial charge in [-0.2, -0.15) is 0 Å². The summed E-state index contributed by atoms with van der Waals surface area (Å²) in [4.78, 5) is 11.9. The molecule has 0 amide bonds. The Hall–Kier alpha value is -0.980. The molecule has 1 aliphatic carbocycles. The van der Waals surface area contributed by atoms with Gasteiger partial charge in [-0.25, -0.2) is 9.78 Å². The number of hydrogen-bond donors (Lipinski definition) is 1. The van der Waals surface area contributed by atoms with Gasteiger partial charge in [-0.05, 0) is 49.7 Å². The molecule has 0 aromatic heterocycles. The maximum Gasteiger partial charge on any atom is 0.204 e. The van der Waals surface area contributed by atoms with Gasteiger partial charge in [0.05, 0.1) is 6.61 Å². The SMILES string of the molecule is CO[C@H]1O[C@]2(C)OO[C@]13CCCC[C@@H]3C[C@H]2Cc1ccc(CO)cc1. The molecule has 1 aromatic carbocycles. The highest BCUT2D eigenvalue weighted by atomic mass is 17.3. The molecule has 4 fully saturated rings. The Morgan fingerprint density at radius 1 is 1.16 bits per heavy atom. The summed E-state index contributed by atoms with van der Waals surface area (Å²) in [5, 5.41) is 9.23. The Morgan fingerprint density at radius 3 is 2.64 bits per heavy atom. The van der Waals surface area contributed by atoms with Gasteiger partial charge in [0.25, 0.3) is 0 Å². The third kappa shape index (κ3) is 2.92. The van der Waals surface area contributed by atoms with Crippen molar-refractivity contribution in [2.45, 2.75) is 69.7 Å². The number of ether oxygens (including phenoxy) is 2. The Balaban J connectivity index is 1.62. The fourth-order valence-electron chi connectivity index (χ4n) is 4.81. The molecule has 3 heterocycles. The van der Waals surface area contributed by atoms with E-state index in [0.717, 1.165) is 37.7 Å². The lowest BCUT2D eigenvalue weighted by molar-refractivity contribution is -0.553. The van der Waals surface area contributed by atoms with E-state index in [4.69, 9.17) is 19.2 Å². The van der Waals surface area contributed by atoms with Crippen LogP contribution in [0.15, 0.2) is 24.3 Å². The van der Waals surface area contributed by atoms with Crippen LogP contribution in [0, 0.1) is 11.8 Å². The molecule has 0 radical (unpaired) electrons. The van der Waals surface area contributed by atoms with Crippen molar-refractivity contribution in [3.63, 3.8) is 0 Å². The standard InChI is InChI=1S/C20H28O5/c1-19-17(11-14-6-8-15(13-21)9-7-14)12-16-5-3-4-10-20(16,25-24-19)18(22-2)23-19/h6-9,16-18,21H,3-5,10-13H2,1-2H3/t16-,17-,18+,19-,20+/m1/s1. The normalized spacial score (nSPS) is 40.5. The first kappa shape index (κ1) is 17.4. The van der Waals surface area contributed by atoms with Crippen LogP contribution in [0.5, 0.6) is 0 Å². The van der Waals surface area contributed by atoms with Gasteiger partial charge in [-0.3, -0.25) is 0 Å². The quantitative estimate of drug-likeness (QED) is 0.846. The average molecular weight is 348 g/mol. The Kier molecular flexibility index (Phi) is 4.63. The van der Waals surface area contributed by atoms with E-state index in [1.807, 2.05) is 19.1 Å². The predicted octanol–water partition coefficient (Wildman–Crippen LogP) is 3.34. The summed E-state index contributed by atoms with van der Waals surface area (Å²) in [6.45, 7) is 2.04. The number of methoxy groups -OCH3 is 1. The van der Waals surface area contributed by atoms with Crippen molar-refractivity contribution in [2.24, 2.45) is 11.8 Å². The smallest absolute Gasteiger partial charge is 0.204 e. The first-order chi connectivity index (χ1) is 12.1. The molecule has 5 atom stereocenters. The van der Waals surface area contributed by atoms with E-state index in [9.17, 15) is 5.11 Å². The fraction of sp³-hybridized carbons (Fsp3) is 0.700. The zero-order chi connectivity index (χ0) is 17.5. The van der Waals surface area contributed by atoms with Crippen LogP contribution >= 0.6 is 0 Å². The molecule has 25 heavy (non-hydrogen) atoms. The Labute approximate surface area is 149 Å². The van der Waals surface area contributed by atoms with E-state index < -0.39 is 11.4 Å². The van der Waals surface area contributed by atoms with E-state index in [1.54, 1.807) is 7.11 Å². The first-order valence-corrected chi connectivity index (χ1v) is 9.36. The average Bonchev–Trinajstić information content (AvgIpc) is 2.83. The summed E-state index contributed by atoms with van der Waals surface area (Å²) in [6, 6.07) is 8.11. The predicted molar refractivity (Wildman–Crippen MR) is 91.3 cm³/mol. The molecule has 3 saturated heterocycles. The van der Waals surface area contributed by atoms with Crippen molar-refractivity contribution < 1.29 is 24.4 Å². The zero-order valence-corrected chi connectivity index (χ0v) is 15.1.